The number of thiol groups is 2. The van der Waals surface area contributed by atoms with Crippen molar-refractivity contribution in [3.8, 4) is 0 Å². The first kappa shape index (κ1) is 34.0. The second-order valence-corrected chi connectivity index (χ2v) is 17.5. The van der Waals surface area contributed by atoms with E-state index >= 15 is 0 Å². The van der Waals surface area contributed by atoms with Crippen molar-refractivity contribution in [2.75, 3.05) is 18.9 Å². The maximum absolute atomic E-state index is 13.5. The Labute approximate surface area is 288 Å². The molecule has 3 fully saturated rings. The molecule has 4 aromatic rings. The van der Waals surface area contributed by atoms with Crippen molar-refractivity contribution in [1.82, 2.24) is 29.1 Å². The number of nitrogen functional groups attached to an aromatic ring is 1. The van der Waals surface area contributed by atoms with Crippen LogP contribution in [-0.4, -0.2) is 89.1 Å². The number of nitrogens with two attached hydrogens (primary N) is 1. The summed E-state index contributed by atoms with van der Waals surface area (Å²) in [5, 5.41) is 22.9. The lowest BCUT2D eigenvalue weighted by Crippen LogP contribution is -2.38. The van der Waals surface area contributed by atoms with Crippen LogP contribution in [0, 0.1) is 0 Å². The average molecular weight is 793 g/mol. The minimum absolute atomic E-state index is 0.0355. The number of ether oxygens (including phenoxy) is 2. The molecular weight excluding hydrogens is 771 g/mol. The normalized spacial score (nSPS) is 36.7. The van der Waals surface area contributed by atoms with Crippen LogP contribution >= 0.6 is 72.9 Å². The predicted octanol–water partition coefficient (Wildman–Crippen LogP) is 3.12. The van der Waals surface area contributed by atoms with Gasteiger partial charge in [-0.25, -0.2) is 19.1 Å². The highest BCUT2D eigenvalue weighted by Crippen LogP contribution is 2.60. The highest BCUT2D eigenvalue weighted by molar-refractivity contribution is 8.44. The number of hydrogen-bond acceptors (Lipinski definition) is 15. The molecule has 3 aliphatic rings. The number of aromatic nitrogens is 6. The average Bonchev–Trinajstić information content (AvgIpc) is 3.70. The lowest BCUT2D eigenvalue weighted by Gasteiger charge is -2.28. The van der Waals surface area contributed by atoms with Crippen molar-refractivity contribution in [2.24, 2.45) is 0 Å². The van der Waals surface area contributed by atoms with Crippen molar-refractivity contribution in [3.05, 3.63) is 44.1 Å². The number of aliphatic hydroxyl groups excluding tert-OH is 2. The van der Waals surface area contributed by atoms with Gasteiger partial charge in [0, 0.05) is 0 Å². The van der Waals surface area contributed by atoms with Gasteiger partial charge in [0.25, 0.3) is 5.56 Å². The Kier molecular flexibility index (Phi) is 8.97. The van der Waals surface area contributed by atoms with Gasteiger partial charge in [-0.3, -0.25) is 37.0 Å². The van der Waals surface area contributed by atoms with E-state index in [0.29, 0.717) is 11.0 Å². The topological polar surface area (TPSA) is 237 Å². The number of H-pyrrole nitrogens is 1. The van der Waals surface area contributed by atoms with E-state index in [1.165, 1.54) is 27.6 Å². The lowest BCUT2D eigenvalue weighted by molar-refractivity contribution is -0.0560. The van der Waals surface area contributed by atoms with E-state index in [1.807, 2.05) is 0 Å². The van der Waals surface area contributed by atoms with Crippen LogP contribution < -0.4 is 11.3 Å². The molecule has 1 aromatic carbocycles. The Morgan fingerprint density at radius 2 is 1.51 bits per heavy atom. The van der Waals surface area contributed by atoms with Crippen molar-refractivity contribution >= 4 is 101 Å². The number of benzene rings is 1. The van der Waals surface area contributed by atoms with Crippen LogP contribution in [0.15, 0.2) is 23.3 Å². The molecule has 25 heteroatoms. The molecule has 0 saturated carbocycles. The highest BCUT2D eigenvalue weighted by atomic mass is 35.5. The first-order valence-electron chi connectivity index (χ1n) is 13.4. The second-order valence-electron chi connectivity index (χ2n) is 10.6. The number of halogens is 3. The van der Waals surface area contributed by atoms with Gasteiger partial charge in [0.05, 0.1) is 40.6 Å². The number of imidazole rings is 2. The number of aromatic amines is 1. The van der Waals surface area contributed by atoms with E-state index in [4.69, 9.17) is 68.1 Å². The summed E-state index contributed by atoms with van der Waals surface area (Å²) in [6.07, 6.45) is -10.2. The molecule has 47 heavy (non-hydrogen) atoms. The molecule has 10 unspecified atom stereocenters. The third-order valence-electron chi connectivity index (χ3n) is 7.60. The number of rotatable bonds is 2. The molecule has 18 nitrogen and oxygen atoms in total. The number of nitrogens with one attached hydrogen (secondary N) is 1. The molecule has 0 radical (unpaired) electrons. The summed E-state index contributed by atoms with van der Waals surface area (Å²) < 4.78 is 63.8. The van der Waals surface area contributed by atoms with Crippen molar-refractivity contribution in [3.63, 3.8) is 0 Å². The van der Waals surface area contributed by atoms with Gasteiger partial charge >= 0.3 is 13.6 Å². The van der Waals surface area contributed by atoms with E-state index in [2.05, 4.69) is 44.4 Å². The van der Waals surface area contributed by atoms with Crippen molar-refractivity contribution < 1.29 is 46.9 Å². The maximum Gasteiger partial charge on any atom is 0.386 e. The summed E-state index contributed by atoms with van der Waals surface area (Å²) >= 11 is 26.9. The molecule has 0 bridgehead atoms. The molecule has 3 aromatic heterocycles. The van der Waals surface area contributed by atoms with Crippen LogP contribution in [0.1, 0.15) is 12.5 Å². The zero-order valence-electron chi connectivity index (χ0n) is 23.1. The van der Waals surface area contributed by atoms with Crippen LogP contribution in [0.4, 0.5) is 5.95 Å². The fraction of sp³-hybridized carbons (Fsp3) is 0.455. The van der Waals surface area contributed by atoms with Crippen molar-refractivity contribution in [1.29, 1.82) is 0 Å². The first-order chi connectivity index (χ1) is 22.1. The van der Waals surface area contributed by atoms with E-state index < -0.39 is 81.4 Å². The maximum atomic E-state index is 13.5. The number of hydrogen-bond donors (Lipinski definition) is 6. The third-order valence-corrected chi connectivity index (χ3v) is 11.8. The molecule has 3 aliphatic heterocycles. The molecule has 7 rings (SSSR count). The minimum Gasteiger partial charge on any atom is -0.386 e. The molecular formula is C22H22Cl3N7O11P2S2. The zero-order valence-corrected chi connectivity index (χ0v) is 28.9. The summed E-state index contributed by atoms with van der Waals surface area (Å²) in [7, 11) is 0. The molecule has 6 heterocycles. The molecule has 254 valence electrons. The van der Waals surface area contributed by atoms with Crippen LogP contribution in [0.2, 0.25) is 15.3 Å². The number of anilines is 1. The summed E-state index contributed by atoms with van der Waals surface area (Å²) in [5.74, 6) is -0.224. The number of aliphatic hydroxyl groups is 2. The summed E-state index contributed by atoms with van der Waals surface area (Å²) in [6.45, 7) is -9.91. The lowest BCUT2D eigenvalue weighted by atomic mass is 10.1. The molecule has 0 amide bonds. The van der Waals surface area contributed by atoms with Gasteiger partial charge < -0.3 is 25.4 Å². The predicted molar refractivity (Wildman–Crippen MR) is 172 cm³/mol. The zero-order chi connectivity index (χ0) is 33.6. The van der Waals surface area contributed by atoms with Gasteiger partial charge in [0.15, 0.2) is 23.6 Å². The Balaban J connectivity index is 1.18. The summed E-state index contributed by atoms with van der Waals surface area (Å²) in [5.41, 5.74) is 5.57. The molecule has 0 aliphatic carbocycles. The highest BCUT2D eigenvalue weighted by Gasteiger charge is 2.53. The van der Waals surface area contributed by atoms with Gasteiger partial charge in [-0.1, -0.05) is 47.7 Å². The van der Waals surface area contributed by atoms with Crippen LogP contribution in [-0.2, 0) is 36.7 Å². The quantitative estimate of drug-likeness (QED) is 0.126. The summed E-state index contributed by atoms with van der Waals surface area (Å²) in [6, 6.07) is 2.93. The monoisotopic (exact) mass is 791 g/mol. The largest absolute Gasteiger partial charge is 0.386 e. The number of nitrogens with zero attached hydrogens (tertiary/aromatic N) is 5. The van der Waals surface area contributed by atoms with E-state index in [9.17, 15) is 24.1 Å². The molecule has 3 saturated heterocycles. The van der Waals surface area contributed by atoms with E-state index in [0.717, 1.165) is 0 Å². The van der Waals surface area contributed by atoms with Crippen LogP contribution in [0.25, 0.3) is 22.2 Å². The summed E-state index contributed by atoms with van der Waals surface area (Å²) in [4.78, 5) is 26.9. The Morgan fingerprint density at radius 3 is 2.15 bits per heavy atom. The van der Waals surface area contributed by atoms with E-state index in [-0.39, 0.29) is 32.4 Å². The molecule has 5 N–H and O–H groups in total. The first-order valence-corrected chi connectivity index (χ1v) is 19.9. The SMILES string of the molecule is Nc1nc2c(ncn2C2OC3COP(=O)(S)OC4C(COP(=O)(S)OC3C2O)OC(n2c(Cl)nc3cc(Cl)c(Cl)cc32)C4O)c(=O)[nH]1. The molecule has 10 atom stereocenters. The van der Waals surface area contributed by atoms with Gasteiger partial charge in [-0.05, 0) is 23.7 Å². The standard InChI is InChI=1S/C22H22Cl3N7O11P2S2/c23-6-1-8-9(2-7(6)24)32(21(25)28-8)20-14(34)16-11(41-20)4-39-44(36,46)42-15-10(3-38-45(37,47)43-16)40-19(13(15)33)31-5-27-12-17(31)29-22(26)30-18(12)35/h1-2,5,10-11,13-16,19-20,33-34H,3-4H2,(H,36,46)(H,37,47)(H3,26,29,30,35). The second kappa shape index (κ2) is 12.4. The fourth-order valence-corrected chi connectivity index (χ4v) is 9.12. The van der Waals surface area contributed by atoms with Crippen molar-refractivity contribution in [2.45, 2.75) is 49.1 Å². The van der Waals surface area contributed by atoms with Crippen LogP contribution in [0.5, 0.6) is 0 Å². The minimum atomic E-state index is -4.35. The smallest absolute Gasteiger partial charge is 0.386 e. The Hall–Kier alpha value is -1.45. The van der Waals surface area contributed by atoms with Gasteiger partial charge in [-0.15, -0.1) is 0 Å². The van der Waals surface area contributed by atoms with Gasteiger partial charge in [0.1, 0.15) is 36.6 Å². The van der Waals surface area contributed by atoms with Crippen LogP contribution in [0.3, 0.4) is 0 Å². The van der Waals surface area contributed by atoms with Gasteiger partial charge in [0.2, 0.25) is 11.2 Å². The Morgan fingerprint density at radius 1 is 0.936 bits per heavy atom. The van der Waals surface area contributed by atoms with E-state index in [1.54, 1.807) is 0 Å². The van der Waals surface area contributed by atoms with Gasteiger partial charge in [-0.2, -0.15) is 4.98 Å². The molecule has 0 spiro atoms. The fourth-order valence-electron chi connectivity index (χ4n) is 5.55. The third kappa shape index (κ3) is 6.26. The number of fused-ring (bicyclic) bond motifs is 4. The Bertz CT molecular complexity index is 2050.